The highest BCUT2D eigenvalue weighted by molar-refractivity contribution is 5.79. The van der Waals surface area contributed by atoms with E-state index in [4.69, 9.17) is 5.73 Å². The van der Waals surface area contributed by atoms with Crippen molar-refractivity contribution in [2.75, 3.05) is 6.54 Å². The monoisotopic (exact) mass is 324 g/mol. The Morgan fingerprint density at radius 2 is 1.46 bits per heavy atom. The van der Waals surface area contributed by atoms with Gasteiger partial charge in [0.1, 0.15) is 0 Å². The lowest BCUT2D eigenvalue weighted by Crippen LogP contribution is -2.42. The van der Waals surface area contributed by atoms with E-state index in [9.17, 15) is 4.79 Å². The normalized spacial score (nSPS) is 12.5. The second kappa shape index (κ2) is 9.24. The molecule has 0 fully saturated rings. The number of nitrogens with one attached hydrogen (secondary N) is 1. The minimum Gasteiger partial charge on any atom is -0.368 e. The first-order valence-electron chi connectivity index (χ1n) is 8.70. The third-order valence-corrected chi connectivity index (χ3v) is 4.28. The van der Waals surface area contributed by atoms with Gasteiger partial charge in [-0.3, -0.25) is 4.79 Å². The van der Waals surface area contributed by atoms with E-state index in [0.29, 0.717) is 11.8 Å². The Hall–Kier alpha value is -2.13. The van der Waals surface area contributed by atoms with Gasteiger partial charge in [0.05, 0.1) is 6.04 Å². The van der Waals surface area contributed by atoms with Crippen molar-refractivity contribution in [2.24, 2.45) is 11.7 Å². The molecule has 1 atom stereocenters. The van der Waals surface area contributed by atoms with Crippen LogP contribution >= 0.6 is 0 Å². The van der Waals surface area contributed by atoms with Crippen LogP contribution in [0.3, 0.4) is 0 Å². The van der Waals surface area contributed by atoms with Crippen LogP contribution in [0.4, 0.5) is 0 Å². The second-order valence-electron chi connectivity index (χ2n) is 6.70. The van der Waals surface area contributed by atoms with Crippen LogP contribution in [0, 0.1) is 5.92 Å². The lowest BCUT2D eigenvalue weighted by Gasteiger charge is -2.21. The molecule has 0 bridgehead atoms. The molecular formula is C21H28N2O. The highest BCUT2D eigenvalue weighted by atomic mass is 16.1. The first kappa shape index (κ1) is 18.2. The topological polar surface area (TPSA) is 55.1 Å². The van der Waals surface area contributed by atoms with Gasteiger partial charge >= 0.3 is 0 Å². The van der Waals surface area contributed by atoms with Gasteiger partial charge in [0.25, 0.3) is 0 Å². The number of rotatable bonds is 9. The van der Waals surface area contributed by atoms with Crippen molar-refractivity contribution >= 4 is 5.91 Å². The van der Waals surface area contributed by atoms with E-state index >= 15 is 0 Å². The molecule has 2 aromatic rings. The molecule has 128 valence electrons. The zero-order valence-corrected chi connectivity index (χ0v) is 14.6. The molecule has 0 aliphatic carbocycles. The number of carbonyl (C=O) groups excluding carboxylic acids is 1. The van der Waals surface area contributed by atoms with Gasteiger partial charge < -0.3 is 11.1 Å². The summed E-state index contributed by atoms with van der Waals surface area (Å²) in [6.45, 7) is 4.97. The fourth-order valence-corrected chi connectivity index (χ4v) is 3.07. The number of benzene rings is 2. The third kappa shape index (κ3) is 5.50. The lowest BCUT2D eigenvalue weighted by atomic mass is 9.88. The summed E-state index contributed by atoms with van der Waals surface area (Å²) >= 11 is 0. The number of primary amides is 1. The zero-order valence-electron chi connectivity index (χ0n) is 14.6. The maximum atomic E-state index is 11.6. The number of carbonyl (C=O) groups is 1. The molecule has 0 aliphatic rings. The van der Waals surface area contributed by atoms with E-state index in [2.05, 4.69) is 67.7 Å². The molecule has 0 aromatic heterocycles. The standard InChI is InChI=1S/C21H28N2O/c1-16(2)15-20(21(22)24)23-14-13-19(17-9-5-3-6-10-17)18-11-7-4-8-12-18/h3-12,16,19-20,23H,13-15H2,1-2H3,(H2,22,24)/t20-/m0/s1. The van der Waals surface area contributed by atoms with Crippen LogP contribution in [-0.2, 0) is 4.79 Å². The van der Waals surface area contributed by atoms with E-state index < -0.39 is 0 Å². The average Bonchev–Trinajstić information content (AvgIpc) is 2.58. The summed E-state index contributed by atoms with van der Waals surface area (Å²) in [4.78, 5) is 11.6. The van der Waals surface area contributed by atoms with E-state index in [-0.39, 0.29) is 11.9 Å². The highest BCUT2D eigenvalue weighted by Crippen LogP contribution is 2.27. The molecule has 0 radical (unpaired) electrons. The average molecular weight is 324 g/mol. The van der Waals surface area contributed by atoms with Crippen LogP contribution in [-0.4, -0.2) is 18.5 Å². The van der Waals surface area contributed by atoms with Gasteiger partial charge in [-0.1, -0.05) is 74.5 Å². The number of hydrogen-bond donors (Lipinski definition) is 2. The molecule has 3 N–H and O–H groups in total. The van der Waals surface area contributed by atoms with E-state index in [1.54, 1.807) is 0 Å². The van der Waals surface area contributed by atoms with Crippen molar-refractivity contribution in [3.8, 4) is 0 Å². The summed E-state index contributed by atoms with van der Waals surface area (Å²) in [6.07, 6.45) is 1.70. The summed E-state index contributed by atoms with van der Waals surface area (Å²) in [5, 5.41) is 3.35. The summed E-state index contributed by atoms with van der Waals surface area (Å²) in [5.41, 5.74) is 8.12. The largest absolute Gasteiger partial charge is 0.368 e. The molecule has 0 spiro atoms. The lowest BCUT2D eigenvalue weighted by molar-refractivity contribution is -0.120. The van der Waals surface area contributed by atoms with Gasteiger partial charge in [-0.2, -0.15) is 0 Å². The van der Waals surface area contributed by atoms with Crippen LogP contribution in [0.25, 0.3) is 0 Å². The Labute approximate surface area is 145 Å². The molecule has 0 unspecified atom stereocenters. The number of nitrogens with two attached hydrogens (primary N) is 1. The SMILES string of the molecule is CC(C)C[C@H](NCCC(c1ccccc1)c1ccccc1)C(N)=O. The maximum absolute atomic E-state index is 11.6. The quantitative estimate of drug-likeness (QED) is 0.739. The third-order valence-electron chi connectivity index (χ3n) is 4.28. The summed E-state index contributed by atoms with van der Waals surface area (Å²) in [7, 11) is 0. The summed E-state index contributed by atoms with van der Waals surface area (Å²) < 4.78 is 0. The van der Waals surface area contributed by atoms with Crippen molar-refractivity contribution in [3.05, 3.63) is 71.8 Å². The molecule has 2 aromatic carbocycles. The van der Waals surface area contributed by atoms with Crippen LogP contribution in [0.1, 0.15) is 43.7 Å². The second-order valence-corrected chi connectivity index (χ2v) is 6.70. The van der Waals surface area contributed by atoms with Crippen molar-refractivity contribution in [1.82, 2.24) is 5.32 Å². The van der Waals surface area contributed by atoms with Crippen molar-refractivity contribution in [3.63, 3.8) is 0 Å². The van der Waals surface area contributed by atoms with Gasteiger partial charge in [0.2, 0.25) is 5.91 Å². The Balaban J connectivity index is 2.05. The highest BCUT2D eigenvalue weighted by Gasteiger charge is 2.18. The zero-order chi connectivity index (χ0) is 17.4. The molecule has 2 rings (SSSR count). The van der Waals surface area contributed by atoms with E-state index in [1.807, 2.05) is 12.1 Å². The van der Waals surface area contributed by atoms with Crippen LogP contribution in [0.2, 0.25) is 0 Å². The molecular weight excluding hydrogens is 296 g/mol. The van der Waals surface area contributed by atoms with Crippen LogP contribution < -0.4 is 11.1 Å². The smallest absolute Gasteiger partial charge is 0.234 e. The molecule has 1 amide bonds. The fourth-order valence-electron chi connectivity index (χ4n) is 3.07. The maximum Gasteiger partial charge on any atom is 0.234 e. The van der Waals surface area contributed by atoms with Crippen molar-refractivity contribution in [1.29, 1.82) is 0 Å². The van der Waals surface area contributed by atoms with Crippen LogP contribution in [0.15, 0.2) is 60.7 Å². The first-order chi connectivity index (χ1) is 11.6. The fraction of sp³-hybridized carbons (Fsp3) is 0.381. The van der Waals surface area contributed by atoms with Gasteiger partial charge in [-0.05, 0) is 36.4 Å². The van der Waals surface area contributed by atoms with Gasteiger partial charge in [-0.15, -0.1) is 0 Å². The molecule has 3 nitrogen and oxygen atoms in total. The molecule has 24 heavy (non-hydrogen) atoms. The first-order valence-corrected chi connectivity index (χ1v) is 8.70. The molecule has 0 heterocycles. The molecule has 0 saturated heterocycles. The Morgan fingerprint density at radius 1 is 0.958 bits per heavy atom. The van der Waals surface area contributed by atoms with Gasteiger partial charge in [0, 0.05) is 5.92 Å². The van der Waals surface area contributed by atoms with Gasteiger partial charge in [-0.25, -0.2) is 0 Å². The molecule has 0 saturated carbocycles. The number of amides is 1. The molecule has 3 heteroatoms. The Bertz CT molecular complexity index is 571. The van der Waals surface area contributed by atoms with Crippen molar-refractivity contribution in [2.45, 2.75) is 38.6 Å². The predicted octanol–water partition coefficient (Wildman–Crippen LogP) is 3.70. The van der Waals surface area contributed by atoms with Crippen molar-refractivity contribution < 1.29 is 4.79 Å². The van der Waals surface area contributed by atoms with Gasteiger partial charge in [0.15, 0.2) is 0 Å². The Morgan fingerprint density at radius 3 is 1.88 bits per heavy atom. The minimum atomic E-state index is -0.264. The summed E-state index contributed by atoms with van der Waals surface area (Å²) in [6, 6.07) is 20.8. The predicted molar refractivity (Wildman–Crippen MR) is 99.8 cm³/mol. The van der Waals surface area contributed by atoms with E-state index in [1.165, 1.54) is 11.1 Å². The molecule has 0 aliphatic heterocycles. The summed E-state index contributed by atoms with van der Waals surface area (Å²) in [5.74, 6) is 0.487. The minimum absolute atomic E-state index is 0.253. The Kier molecular flexibility index (Phi) is 7.01. The van der Waals surface area contributed by atoms with Crippen LogP contribution in [0.5, 0.6) is 0 Å². The number of hydrogen-bond acceptors (Lipinski definition) is 2. The van der Waals surface area contributed by atoms with E-state index in [0.717, 1.165) is 19.4 Å².